The lowest BCUT2D eigenvalue weighted by molar-refractivity contribution is 0.102. The fourth-order valence-corrected chi connectivity index (χ4v) is 3.21. The molecule has 0 radical (unpaired) electrons. The van der Waals surface area contributed by atoms with Gasteiger partial charge in [0, 0.05) is 41.2 Å². The Hall–Kier alpha value is -4.06. The van der Waals surface area contributed by atoms with Crippen molar-refractivity contribution in [1.29, 1.82) is 0 Å². The zero-order valence-corrected chi connectivity index (χ0v) is 15.8. The van der Waals surface area contributed by atoms with Gasteiger partial charge >= 0.3 is 6.03 Å². The van der Waals surface area contributed by atoms with Gasteiger partial charge in [-0.25, -0.2) is 4.79 Å². The summed E-state index contributed by atoms with van der Waals surface area (Å²) in [6.45, 7) is 0. The Kier molecular flexibility index (Phi) is 4.99. The van der Waals surface area contributed by atoms with Crippen LogP contribution in [0.15, 0.2) is 85.1 Å². The SMILES string of the molecule is Cn1cc(C(=O)Nc2cccc(NC(=O)Nc3ccccc3)c2)c2ccccc21. The van der Waals surface area contributed by atoms with Gasteiger partial charge in [-0.2, -0.15) is 0 Å². The van der Waals surface area contributed by atoms with Crippen molar-refractivity contribution >= 4 is 39.9 Å². The molecule has 29 heavy (non-hydrogen) atoms. The van der Waals surface area contributed by atoms with Gasteiger partial charge in [-0.3, -0.25) is 4.79 Å². The molecule has 0 bridgehead atoms. The molecule has 0 atom stereocenters. The molecular weight excluding hydrogens is 364 g/mol. The third-order valence-electron chi connectivity index (χ3n) is 4.55. The van der Waals surface area contributed by atoms with Gasteiger partial charge < -0.3 is 20.5 Å². The third-order valence-corrected chi connectivity index (χ3v) is 4.55. The van der Waals surface area contributed by atoms with Crippen LogP contribution in [-0.4, -0.2) is 16.5 Å². The van der Waals surface area contributed by atoms with Crippen LogP contribution < -0.4 is 16.0 Å². The lowest BCUT2D eigenvalue weighted by atomic mass is 10.1. The van der Waals surface area contributed by atoms with Crippen molar-refractivity contribution in [3.8, 4) is 0 Å². The Bertz CT molecular complexity index is 1180. The standard InChI is InChI=1S/C23H20N4O2/c1-27-15-20(19-12-5-6-13-21(19)27)22(28)24-17-10-7-11-18(14-17)26-23(29)25-16-8-3-2-4-9-16/h2-15H,1H3,(H,24,28)(H2,25,26,29). The first kappa shape index (κ1) is 18.3. The fraction of sp³-hybridized carbons (Fsp3) is 0.0435. The third kappa shape index (κ3) is 4.11. The van der Waals surface area contributed by atoms with E-state index in [2.05, 4.69) is 16.0 Å². The van der Waals surface area contributed by atoms with E-state index in [-0.39, 0.29) is 11.9 Å². The molecule has 6 nitrogen and oxygen atoms in total. The van der Waals surface area contributed by atoms with Crippen LogP contribution >= 0.6 is 0 Å². The van der Waals surface area contributed by atoms with Gasteiger partial charge in [0.05, 0.1) is 5.56 Å². The van der Waals surface area contributed by atoms with E-state index >= 15 is 0 Å². The summed E-state index contributed by atoms with van der Waals surface area (Å²) in [5.74, 6) is -0.201. The zero-order chi connectivity index (χ0) is 20.2. The molecule has 3 aromatic carbocycles. The highest BCUT2D eigenvalue weighted by Gasteiger charge is 2.14. The molecule has 0 aliphatic carbocycles. The number of aromatic nitrogens is 1. The van der Waals surface area contributed by atoms with Crippen LogP contribution in [0.1, 0.15) is 10.4 Å². The van der Waals surface area contributed by atoms with Crippen molar-refractivity contribution in [1.82, 2.24) is 4.57 Å². The predicted molar refractivity (Wildman–Crippen MR) is 116 cm³/mol. The molecular formula is C23H20N4O2. The van der Waals surface area contributed by atoms with E-state index in [9.17, 15) is 9.59 Å². The van der Waals surface area contributed by atoms with Crippen molar-refractivity contribution < 1.29 is 9.59 Å². The average Bonchev–Trinajstić information content (AvgIpc) is 3.06. The van der Waals surface area contributed by atoms with Crippen molar-refractivity contribution in [3.63, 3.8) is 0 Å². The van der Waals surface area contributed by atoms with Gasteiger partial charge in [0.15, 0.2) is 0 Å². The highest BCUT2D eigenvalue weighted by atomic mass is 16.2. The molecule has 4 aromatic rings. The van der Waals surface area contributed by atoms with Crippen LogP contribution in [0.25, 0.3) is 10.9 Å². The Morgan fingerprint density at radius 1 is 0.724 bits per heavy atom. The van der Waals surface area contributed by atoms with E-state index in [1.165, 1.54) is 0 Å². The summed E-state index contributed by atoms with van der Waals surface area (Å²) >= 11 is 0. The first-order valence-corrected chi connectivity index (χ1v) is 9.19. The topological polar surface area (TPSA) is 75.2 Å². The van der Waals surface area contributed by atoms with Gasteiger partial charge in [0.25, 0.3) is 5.91 Å². The lowest BCUT2D eigenvalue weighted by Gasteiger charge is -2.10. The molecule has 144 valence electrons. The summed E-state index contributed by atoms with van der Waals surface area (Å²) in [4.78, 5) is 25.0. The molecule has 0 saturated carbocycles. The van der Waals surface area contributed by atoms with Crippen molar-refractivity contribution in [2.24, 2.45) is 7.05 Å². The van der Waals surface area contributed by atoms with Crippen molar-refractivity contribution in [2.45, 2.75) is 0 Å². The monoisotopic (exact) mass is 384 g/mol. The molecule has 1 heterocycles. The number of fused-ring (bicyclic) bond motifs is 1. The lowest BCUT2D eigenvalue weighted by Crippen LogP contribution is -2.19. The summed E-state index contributed by atoms with van der Waals surface area (Å²) in [6.07, 6.45) is 1.81. The summed E-state index contributed by atoms with van der Waals surface area (Å²) in [5.41, 5.74) is 3.47. The minimum Gasteiger partial charge on any atom is -0.350 e. The number of aryl methyl sites for hydroxylation is 1. The molecule has 0 saturated heterocycles. The van der Waals surface area contributed by atoms with E-state index in [0.717, 1.165) is 10.9 Å². The number of benzene rings is 3. The number of rotatable bonds is 4. The molecule has 3 N–H and O–H groups in total. The van der Waals surface area contributed by atoms with E-state index in [4.69, 9.17) is 0 Å². The number of carbonyl (C=O) groups is 2. The first-order valence-electron chi connectivity index (χ1n) is 9.19. The Morgan fingerprint density at radius 3 is 2.14 bits per heavy atom. The van der Waals surface area contributed by atoms with E-state index in [0.29, 0.717) is 22.6 Å². The summed E-state index contributed by atoms with van der Waals surface area (Å²) in [5, 5.41) is 9.33. The number of amides is 3. The van der Waals surface area contributed by atoms with Crippen LogP contribution in [0.4, 0.5) is 21.9 Å². The maximum atomic E-state index is 12.8. The zero-order valence-electron chi connectivity index (χ0n) is 15.8. The van der Waals surface area contributed by atoms with E-state index < -0.39 is 0 Å². The van der Waals surface area contributed by atoms with Gasteiger partial charge in [-0.05, 0) is 36.4 Å². The normalized spacial score (nSPS) is 10.5. The molecule has 1 aromatic heterocycles. The fourth-order valence-electron chi connectivity index (χ4n) is 3.21. The number of carbonyl (C=O) groups excluding carboxylic acids is 2. The number of nitrogens with one attached hydrogen (secondary N) is 3. The second kappa shape index (κ2) is 7.90. The minimum absolute atomic E-state index is 0.201. The van der Waals surface area contributed by atoms with Gasteiger partial charge in [0.1, 0.15) is 0 Å². The molecule has 6 heteroatoms. The number of anilines is 3. The number of urea groups is 1. The maximum Gasteiger partial charge on any atom is 0.323 e. The number of para-hydroxylation sites is 2. The Labute approximate surface area is 168 Å². The van der Waals surface area contributed by atoms with Crippen LogP contribution in [-0.2, 0) is 7.05 Å². The van der Waals surface area contributed by atoms with Crippen molar-refractivity contribution in [3.05, 3.63) is 90.6 Å². The molecule has 4 rings (SSSR count). The smallest absolute Gasteiger partial charge is 0.323 e. The largest absolute Gasteiger partial charge is 0.350 e. The summed E-state index contributed by atoms with van der Waals surface area (Å²) in [6, 6.07) is 23.6. The van der Waals surface area contributed by atoms with E-state index in [1.54, 1.807) is 36.4 Å². The van der Waals surface area contributed by atoms with Crippen molar-refractivity contribution in [2.75, 3.05) is 16.0 Å². The van der Waals surface area contributed by atoms with Crippen LogP contribution in [0, 0.1) is 0 Å². The second-order valence-corrected chi connectivity index (χ2v) is 6.65. The molecule has 0 aliphatic heterocycles. The second-order valence-electron chi connectivity index (χ2n) is 6.65. The summed E-state index contributed by atoms with van der Waals surface area (Å²) in [7, 11) is 1.91. The average molecular weight is 384 g/mol. The number of hydrogen-bond donors (Lipinski definition) is 3. The molecule has 0 fully saturated rings. The quantitative estimate of drug-likeness (QED) is 0.459. The minimum atomic E-state index is -0.353. The van der Waals surface area contributed by atoms with Gasteiger partial charge in [0.2, 0.25) is 0 Å². The maximum absolute atomic E-state index is 12.8. The summed E-state index contributed by atoms with van der Waals surface area (Å²) < 4.78 is 1.93. The molecule has 0 aliphatic rings. The Balaban J connectivity index is 1.47. The van der Waals surface area contributed by atoms with E-state index in [1.807, 2.05) is 60.3 Å². The predicted octanol–water partition coefficient (Wildman–Crippen LogP) is 5.07. The van der Waals surface area contributed by atoms with Gasteiger partial charge in [-0.15, -0.1) is 0 Å². The number of nitrogens with zero attached hydrogens (tertiary/aromatic N) is 1. The van der Waals surface area contributed by atoms with Crippen LogP contribution in [0.5, 0.6) is 0 Å². The number of hydrogen-bond acceptors (Lipinski definition) is 2. The first-order chi connectivity index (χ1) is 14.1. The molecule has 0 spiro atoms. The molecule has 0 unspecified atom stereocenters. The van der Waals surface area contributed by atoms with Crippen LogP contribution in [0.3, 0.4) is 0 Å². The highest BCUT2D eigenvalue weighted by molar-refractivity contribution is 6.13. The van der Waals surface area contributed by atoms with Gasteiger partial charge in [-0.1, -0.05) is 42.5 Å². The Morgan fingerprint density at radius 2 is 1.34 bits per heavy atom. The van der Waals surface area contributed by atoms with Crippen LogP contribution in [0.2, 0.25) is 0 Å². The highest BCUT2D eigenvalue weighted by Crippen LogP contribution is 2.22. The molecule has 3 amide bonds.